The number of hydrogen-bond acceptors (Lipinski definition) is 3. The largest absolute Gasteiger partial charge is 1.00 e. The van der Waals surface area contributed by atoms with Gasteiger partial charge >= 0.3 is 5.97 Å². The lowest BCUT2D eigenvalue weighted by Crippen LogP contribution is -3.00. The molecule has 0 fully saturated rings. The number of halogens is 1. The van der Waals surface area contributed by atoms with E-state index in [2.05, 4.69) is 10.5 Å². The van der Waals surface area contributed by atoms with Gasteiger partial charge in [-0.05, 0) is 13.8 Å². The van der Waals surface area contributed by atoms with Gasteiger partial charge in [-0.3, -0.25) is 5.73 Å². The van der Waals surface area contributed by atoms with Crippen molar-refractivity contribution in [3.63, 3.8) is 0 Å². The van der Waals surface area contributed by atoms with Crippen molar-refractivity contribution in [2.45, 2.75) is 13.8 Å². The zero-order chi connectivity index (χ0) is 8.69. The Morgan fingerprint density at radius 3 is 2.25 bits per heavy atom. The van der Waals surface area contributed by atoms with Crippen molar-refractivity contribution in [2.75, 3.05) is 13.2 Å². The Balaban J connectivity index is 0. The third-order valence-corrected chi connectivity index (χ3v) is 0.895. The first-order valence-electron chi connectivity index (χ1n) is 3.53. The predicted octanol–water partition coefficient (Wildman–Crippen LogP) is -3.33. The summed E-state index contributed by atoms with van der Waals surface area (Å²) >= 11 is 0. The monoisotopic (exact) mass is 195 g/mol. The van der Waals surface area contributed by atoms with Gasteiger partial charge < -0.3 is 21.9 Å². The quantitative estimate of drug-likeness (QED) is 0.290. The minimum absolute atomic E-state index is 0. The Hall–Kier alpha value is -0.740. The predicted molar refractivity (Wildman–Crippen MR) is 39.2 cm³/mol. The van der Waals surface area contributed by atoms with Gasteiger partial charge in [0.15, 0.2) is 0 Å². The van der Waals surface area contributed by atoms with Crippen LogP contribution in [0.4, 0.5) is 0 Å². The number of rotatable bonds is 4. The van der Waals surface area contributed by atoms with Crippen molar-refractivity contribution in [1.82, 2.24) is 0 Å². The molecule has 0 spiro atoms. The Kier molecular flexibility index (Phi) is 9.63. The second-order valence-corrected chi connectivity index (χ2v) is 1.80. The fourth-order valence-corrected chi connectivity index (χ4v) is 0.542. The summed E-state index contributed by atoms with van der Waals surface area (Å²) in [5.74, 6) is -0.0723. The Labute approximate surface area is 78.1 Å². The number of esters is 1. The average molecular weight is 196 g/mol. The lowest BCUT2D eigenvalue weighted by Gasteiger charge is -1.97. The van der Waals surface area contributed by atoms with Crippen LogP contribution < -0.4 is 18.1 Å². The van der Waals surface area contributed by atoms with E-state index in [1.165, 1.54) is 6.08 Å². The maximum Gasteiger partial charge on any atom is 0.340 e. The molecule has 4 nitrogen and oxygen atoms in total. The number of ether oxygens (including phenoxy) is 2. The highest BCUT2D eigenvalue weighted by Crippen LogP contribution is 1.86. The maximum absolute atomic E-state index is 10.7. The van der Waals surface area contributed by atoms with Gasteiger partial charge in [0, 0.05) is 0 Å². The third-order valence-electron chi connectivity index (χ3n) is 0.895. The summed E-state index contributed by atoms with van der Waals surface area (Å²) in [4.78, 5) is 10.7. The number of hydrogen-bond donors (Lipinski definition) is 1. The van der Waals surface area contributed by atoms with Crippen molar-refractivity contribution in [3.8, 4) is 0 Å². The van der Waals surface area contributed by atoms with Crippen LogP contribution in [-0.4, -0.2) is 19.2 Å². The van der Waals surface area contributed by atoms with Gasteiger partial charge in [-0.2, -0.15) is 0 Å². The first-order chi connectivity index (χ1) is 5.20. The van der Waals surface area contributed by atoms with E-state index in [9.17, 15) is 4.79 Å². The molecule has 0 unspecified atom stereocenters. The Bertz CT molecular complexity index is 159. The van der Waals surface area contributed by atoms with E-state index in [-0.39, 0.29) is 12.4 Å². The molecular formula is C7H14ClNO3. The highest BCUT2D eigenvalue weighted by molar-refractivity contribution is 5.81. The fraction of sp³-hybridized carbons (Fsp3) is 0.571. The second kappa shape index (κ2) is 8.36. The molecular weight excluding hydrogens is 182 g/mol. The first kappa shape index (κ1) is 13.8. The molecule has 0 radical (unpaired) electrons. The van der Waals surface area contributed by atoms with Crippen LogP contribution in [0, 0.1) is 0 Å². The molecule has 0 saturated heterocycles. The van der Waals surface area contributed by atoms with Crippen LogP contribution in [0.2, 0.25) is 0 Å². The van der Waals surface area contributed by atoms with Gasteiger partial charge in [-0.1, -0.05) is 0 Å². The van der Waals surface area contributed by atoms with Crippen molar-refractivity contribution in [2.24, 2.45) is 0 Å². The van der Waals surface area contributed by atoms with Gasteiger partial charge in [-0.25, -0.2) is 4.79 Å². The number of carbonyl (C=O) groups is 1. The molecule has 72 valence electrons. The topological polar surface area (TPSA) is 63.2 Å². The molecule has 0 bridgehead atoms. The van der Waals surface area contributed by atoms with E-state index < -0.39 is 5.97 Å². The molecule has 0 aromatic carbocycles. The molecule has 0 aliphatic rings. The molecule has 3 N–H and O–H groups in total. The van der Waals surface area contributed by atoms with E-state index in [1.54, 1.807) is 6.92 Å². The number of quaternary nitrogens is 1. The van der Waals surface area contributed by atoms with E-state index in [0.29, 0.717) is 19.1 Å². The Morgan fingerprint density at radius 1 is 1.33 bits per heavy atom. The smallest absolute Gasteiger partial charge is 0.340 e. The van der Waals surface area contributed by atoms with Gasteiger partial charge in [0.05, 0.1) is 13.2 Å². The third kappa shape index (κ3) is 7.37. The molecule has 0 aromatic heterocycles. The number of carbonyl (C=O) groups excluding carboxylic acids is 1. The van der Waals surface area contributed by atoms with E-state index >= 15 is 0 Å². The Morgan fingerprint density at radius 2 is 1.83 bits per heavy atom. The zero-order valence-electron chi connectivity index (χ0n) is 7.30. The molecule has 0 heterocycles. The van der Waals surface area contributed by atoms with Crippen molar-refractivity contribution >= 4 is 5.97 Å². The molecule has 5 heteroatoms. The molecule has 0 amide bonds. The lowest BCUT2D eigenvalue weighted by atomic mass is 10.6. The normalized spacial score (nSPS) is 10.1. The fourth-order valence-electron chi connectivity index (χ4n) is 0.542. The molecule has 0 aliphatic carbocycles. The van der Waals surface area contributed by atoms with Crippen molar-refractivity contribution < 1.29 is 32.4 Å². The van der Waals surface area contributed by atoms with Crippen LogP contribution in [0.25, 0.3) is 0 Å². The van der Waals surface area contributed by atoms with Gasteiger partial charge in [0.1, 0.15) is 6.08 Å². The van der Waals surface area contributed by atoms with Crippen LogP contribution >= 0.6 is 0 Å². The van der Waals surface area contributed by atoms with E-state index in [4.69, 9.17) is 4.74 Å². The highest BCUT2D eigenvalue weighted by atomic mass is 35.5. The van der Waals surface area contributed by atoms with Crippen LogP contribution in [0.5, 0.6) is 0 Å². The van der Waals surface area contributed by atoms with Crippen LogP contribution in [0.1, 0.15) is 13.8 Å². The van der Waals surface area contributed by atoms with E-state index in [0.717, 1.165) is 0 Å². The summed E-state index contributed by atoms with van der Waals surface area (Å²) in [6.45, 7) is 4.45. The molecule has 0 aliphatic heterocycles. The summed E-state index contributed by atoms with van der Waals surface area (Å²) in [7, 11) is 0. The summed E-state index contributed by atoms with van der Waals surface area (Å²) in [6, 6.07) is 0. The minimum atomic E-state index is -0.411. The van der Waals surface area contributed by atoms with Crippen molar-refractivity contribution in [1.29, 1.82) is 0 Å². The van der Waals surface area contributed by atoms with Crippen molar-refractivity contribution in [3.05, 3.63) is 12.0 Å². The summed E-state index contributed by atoms with van der Waals surface area (Å²) in [5, 5.41) is 0. The molecule has 12 heavy (non-hydrogen) atoms. The summed E-state index contributed by atoms with van der Waals surface area (Å²) in [5.41, 5.74) is 3.49. The highest BCUT2D eigenvalue weighted by Gasteiger charge is 2.00. The van der Waals surface area contributed by atoms with Crippen LogP contribution in [-0.2, 0) is 14.3 Å². The van der Waals surface area contributed by atoms with Crippen LogP contribution in [0.3, 0.4) is 0 Å². The van der Waals surface area contributed by atoms with Gasteiger partial charge in [0.2, 0.25) is 0 Å². The van der Waals surface area contributed by atoms with Gasteiger partial charge in [-0.15, -0.1) is 0 Å². The standard InChI is InChI=1S/C7H13NO3.ClH/c1-3-10-6(8)5-7(9)11-4-2;/h5H,3-4,8H2,1-2H3;1H/b6-5+;. The molecule has 0 atom stereocenters. The van der Waals surface area contributed by atoms with Gasteiger partial charge in [0.25, 0.3) is 5.88 Å². The SMILES string of the molecule is CCOC(=O)/C=C(\[NH3+])OCC.[Cl-]. The van der Waals surface area contributed by atoms with E-state index in [1.807, 2.05) is 6.92 Å². The molecule has 0 aromatic rings. The summed E-state index contributed by atoms with van der Waals surface area (Å²) < 4.78 is 9.53. The van der Waals surface area contributed by atoms with Crippen LogP contribution in [0.15, 0.2) is 12.0 Å². The first-order valence-corrected chi connectivity index (χ1v) is 3.53. The second-order valence-electron chi connectivity index (χ2n) is 1.80. The zero-order valence-corrected chi connectivity index (χ0v) is 8.06. The molecule has 0 saturated carbocycles. The molecule has 0 rings (SSSR count). The average Bonchev–Trinajstić information content (AvgIpc) is 1.87. The minimum Gasteiger partial charge on any atom is -1.00 e. The maximum atomic E-state index is 10.7. The lowest BCUT2D eigenvalue weighted by molar-refractivity contribution is -0.356. The summed E-state index contributed by atoms with van der Waals surface area (Å²) in [6.07, 6.45) is 1.23.